The third kappa shape index (κ3) is 6.01. The second kappa shape index (κ2) is 10.5. The molecule has 0 radical (unpaired) electrons. The lowest BCUT2D eigenvalue weighted by Gasteiger charge is -2.12. The van der Waals surface area contributed by atoms with Crippen LogP contribution >= 0.6 is 43.6 Å². The van der Waals surface area contributed by atoms with E-state index >= 15 is 0 Å². The van der Waals surface area contributed by atoms with Gasteiger partial charge in [0.25, 0.3) is 11.8 Å². The minimum atomic E-state index is -0.403. The van der Waals surface area contributed by atoms with Gasteiger partial charge in [0, 0.05) is 5.56 Å². The molecule has 1 aliphatic heterocycles. The standard InChI is InChI=1S/C25H18Br2N2O3S/c1-15-7-9-16(10-8-15)14-32-22-19(26)11-17(12-20(22)27)13-21-24(31)29-25(33-21)28-23(30)18-5-3-2-4-6-18/h2-13H,14H2,1H3,(H,28,29,30,31)/b21-13-. The Morgan fingerprint density at radius 1 is 1.06 bits per heavy atom. The number of aryl methyl sites for hydroxylation is 1. The van der Waals surface area contributed by atoms with E-state index in [1.165, 1.54) is 5.56 Å². The van der Waals surface area contributed by atoms with E-state index in [-0.39, 0.29) is 11.1 Å². The number of halogens is 2. The lowest BCUT2D eigenvalue weighted by molar-refractivity contribution is -0.115. The SMILES string of the molecule is Cc1ccc(COc2c(Br)cc(/C=C3\SC(=NC(=O)c4ccccc4)NC3=O)cc2Br)cc1. The van der Waals surface area contributed by atoms with Crippen molar-refractivity contribution in [2.75, 3.05) is 0 Å². The molecule has 0 bridgehead atoms. The molecule has 0 atom stereocenters. The second-order valence-electron chi connectivity index (χ2n) is 7.24. The van der Waals surface area contributed by atoms with E-state index < -0.39 is 5.91 Å². The van der Waals surface area contributed by atoms with Crippen LogP contribution in [0, 0.1) is 6.92 Å². The molecule has 1 N–H and O–H groups in total. The van der Waals surface area contributed by atoms with Crippen molar-refractivity contribution in [3.8, 4) is 5.75 Å². The number of rotatable bonds is 5. The van der Waals surface area contributed by atoms with Crippen LogP contribution in [0.15, 0.2) is 85.6 Å². The Kier molecular flexibility index (Phi) is 7.47. The van der Waals surface area contributed by atoms with Crippen LogP contribution in [0.1, 0.15) is 27.0 Å². The van der Waals surface area contributed by atoms with Gasteiger partial charge in [-0.25, -0.2) is 0 Å². The van der Waals surface area contributed by atoms with Crippen molar-refractivity contribution < 1.29 is 14.3 Å². The van der Waals surface area contributed by atoms with Gasteiger partial charge in [0.1, 0.15) is 12.4 Å². The van der Waals surface area contributed by atoms with Crippen LogP contribution in [-0.4, -0.2) is 17.0 Å². The minimum absolute atomic E-state index is 0.260. The molecule has 1 saturated heterocycles. The summed E-state index contributed by atoms with van der Waals surface area (Å²) in [6.45, 7) is 2.48. The van der Waals surface area contributed by atoms with Crippen molar-refractivity contribution in [1.29, 1.82) is 0 Å². The largest absolute Gasteiger partial charge is 0.487 e. The summed E-state index contributed by atoms with van der Waals surface area (Å²) in [6, 6.07) is 20.6. The number of benzene rings is 3. The summed E-state index contributed by atoms with van der Waals surface area (Å²) in [5, 5.41) is 2.91. The zero-order valence-electron chi connectivity index (χ0n) is 17.5. The predicted octanol–water partition coefficient (Wildman–Crippen LogP) is 6.50. The summed E-state index contributed by atoms with van der Waals surface area (Å²) < 4.78 is 7.50. The fourth-order valence-electron chi connectivity index (χ4n) is 3.01. The van der Waals surface area contributed by atoms with Crippen molar-refractivity contribution >= 4 is 66.7 Å². The Morgan fingerprint density at radius 3 is 2.39 bits per heavy atom. The van der Waals surface area contributed by atoms with Crippen molar-refractivity contribution in [3.63, 3.8) is 0 Å². The number of amidine groups is 1. The molecule has 4 rings (SSSR count). The molecule has 0 unspecified atom stereocenters. The summed E-state index contributed by atoms with van der Waals surface area (Å²) in [7, 11) is 0. The molecule has 33 heavy (non-hydrogen) atoms. The molecular formula is C25H18Br2N2O3S. The predicted molar refractivity (Wildman–Crippen MR) is 139 cm³/mol. The number of carbonyl (C=O) groups excluding carboxylic acids is 2. The number of ether oxygens (including phenoxy) is 1. The van der Waals surface area contributed by atoms with Gasteiger partial charge in [0.2, 0.25) is 0 Å². The first-order chi connectivity index (χ1) is 15.9. The first-order valence-corrected chi connectivity index (χ1v) is 12.4. The summed E-state index contributed by atoms with van der Waals surface area (Å²) in [4.78, 5) is 29.1. The Hall–Kier alpha value is -2.68. The van der Waals surface area contributed by atoms with Gasteiger partial charge in [-0.2, -0.15) is 4.99 Å². The van der Waals surface area contributed by atoms with E-state index in [2.05, 4.69) is 42.2 Å². The lowest BCUT2D eigenvalue weighted by Crippen LogP contribution is -2.20. The number of amides is 2. The van der Waals surface area contributed by atoms with Crippen molar-refractivity contribution in [1.82, 2.24) is 5.32 Å². The molecule has 8 heteroatoms. The molecule has 0 saturated carbocycles. The minimum Gasteiger partial charge on any atom is -0.487 e. The third-order valence-electron chi connectivity index (χ3n) is 4.70. The van der Waals surface area contributed by atoms with Crippen molar-refractivity contribution in [3.05, 3.63) is 103 Å². The van der Waals surface area contributed by atoms with E-state index in [1.807, 2.05) is 49.4 Å². The molecule has 1 aliphatic rings. The maximum absolute atomic E-state index is 12.4. The summed E-state index contributed by atoms with van der Waals surface area (Å²) >= 11 is 8.25. The van der Waals surface area contributed by atoms with Crippen molar-refractivity contribution in [2.24, 2.45) is 4.99 Å². The Bertz CT molecular complexity index is 1250. The number of nitrogens with one attached hydrogen (secondary N) is 1. The highest BCUT2D eigenvalue weighted by Crippen LogP contribution is 2.37. The normalized spacial score (nSPS) is 15.7. The number of hydrogen-bond donors (Lipinski definition) is 1. The molecule has 5 nitrogen and oxygen atoms in total. The molecule has 0 aromatic heterocycles. The van der Waals surface area contributed by atoms with Gasteiger partial charge in [-0.1, -0.05) is 48.0 Å². The molecule has 3 aromatic rings. The molecular weight excluding hydrogens is 568 g/mol. The first kappa shape index (κ1) is 23.5. The number of hydrogen-bond acceptors (Lipinski definition) is 4. The molecule has 0 aliphatic carbocycles. The second-order valence-corrected chi connectivity index (χ2v) is 9.98. The van der Waals surface area contributed by atoms with Crippen molar-refractivity contribution in [2.45, 2.75) is 13.5 Å². The van der Waals surface area contributed by atoms with Crippen LogP contribution in [0.3, 0.4) is 0 Å². The summed E-state index contributed by atoms with van der Waals surface area (Å²) in [5.41, 5.74) is 3.53. The molecule has 1 heterocycles. The zero-order valence-corrected chi connectivity index (χ0v) is 21.5. The van der Waals surface area contributed by atoms with E-state index in [0.717, 1.165) is 31.8 Å². The average molecular weight is 586 g/mol. The maximum atomic E-state index is 12.4. The number of aliphatic imine (C=N–C) groups is 1. The van der Waals surface area contributed by atoms with Gasteiger partial charge in [-0.3, -0.25) is 9.59 Å². The molecule has 3 aromatic carbocycles. The fraction of sp³-hybridized carbons (Fsp3) is 0.0800. The summed E-state index contributed by atoms with van der Waals surface area (Å²) in [5.74, 6) is -0.0243. The number of thioether (sulfide) groups is 1. The van der Waals surface area contributed by atoms with Crippen LogP contribution in [0.25, 0.3) is 6.08 Å². The molecule has 0 spiro atoms. The maximum Gasteiger partial charge on any atom is 0.279 e. The van der Waals surface area contributed by atoms with Gasteiger partial charge in [0.05, 0.1) is 13.9 Å². The third-order valence-corrected chi connectivity index (χ3v) is 6.78. The van der Waals surface area contributed by atoms with E-state index in [0.29, 0.717) is 22.8 Å². The van der Waals surface area contributed by atoms with Crippen LogP contribution in [-0.2, 0) is 11.4 Å². The van der Waals surface area contributed by atoms with Gasteiger partial charge in [0.15, 0.2) is 5.17 Å². The van der Waals surface area contributed by atoms with Crippen LogP contribution in [0.2, 0.25) is 0 Å². The van der Waals surface area contributed by atoms with E-state index in [9.17, 15) is 9.59 Å². The first-order valence-electron chi connectivity index (χ1n) is 9.95. The summed E-state index contributed by atoms with van der Waals surface area (Å²) in [6.07, 6.45) is 1.74. The Labute approximate surface area is 212 Å². The van der Waals surface area contributed by atoms with Crippen LogP contribution in [0.5, 0.6) is 5.75 Å². The van der Waals surface area contributed by atoms with Gasteiger partial charge >= 0.3 is 0 Å². The monoisotopic (exact) mass is 584 g/mol. The zero-order chi connectivity index (χ0) is 23.4. The number of nitrogens with zero attached hydrogens (tertiary/aromatic N) is 1. The van der Waals surface area contributed by atoms with Gasteiger partial charge < -0.3 is 10.1 Å². The van der Waals surface area contributed by atoms with Crippen LogP contribution in [0.4, 0.5) is 0 Å². The van der Waals surface area contributed by atoms with E-state index in [4.69, 9.17) is 4.74 Å². The smallest absolute Gasteiger partial charge is 0.279 e. The lowest BCUT2D eigenvalue weighted by atomic mass is 10.1. The number of carbonyl (C=O) groups is 2. The fourth-order valence-corrected chi connectivity index (χ4v) is 5.28. The highest BCUT2D eigenvalue weighted by atomic mass is 79.9. The van der Waals surface area contributed by atoms with Crippen LogP contribution < -0.4 is 10.1 Å². The molecule has 166 valence electrons. The average Bonchev–Trinajstić information content (AvgIpc) is 3.13. The molecule has 1 fully saturated rings. The highest BCUT2D eigenvalue weighted by molar-refractivity contribution is 9.11. The quantitative estimate of drug-likeness (QED) is 0.347. The topological polar surface area (TPSA) is 67.8 Å². The highest BCUT2D eigenvalue weighted by Gasteiger charge is 2.25. The van der Waals surface area contributed by atoms with Gasteiger partial charge in [-0.05, 0) is 92.0 Å². The Morgan fingerprint density at radius 2 is 1.73 bits per heavy atom. The van der Waals surface area contributed by atoms with Gasteiger partial charge in [-0.15, -0.1) is 0 Å². The Balaban J connectivity index is 1.48. The van der Waals surface area contributed by atoms with E-state index in [1.54, 1.807) is 30.3 Å². The molecule has 2 amide bonds.